The molecule has 2 aromatic carbocycles. The van der Waals surface area contributed by atoms with E-state index in [0.29, 0.717) is 19.7 Å². The summed E-state index contributed by atoms with van der Waals surface area (Å²) < 4.78 is 32.8. The molecule has 1 aliphatic rings. The second-order valence-electron chi connectivity index (χ2n) is 6.62. The monoisotopic (exact) mass is 388 g/mol. The summed E-state index contributed by atoms with van der Waals surface area (Å²) >= 11 is 0. The maximum absolute atomic E-state index is 12.5. The molecule has 27 heavy (non-hydrogen) atoms. The molecule has 3 rings (SSSR count). The zero-order valence-corrected chi connectivity index (χ0v) is 16.1. The Labute approximate surface area is 160 Å². The number of hydrogen-bond acceptors (Lipinski definition) is 4. The second-order valence-corrected chi connectivity index (χ2v) is 8.42. The second kappa shape index (κ2) is 8.65. The summed E-state index contributed by atoms with van der Waals surface area (Å²) in [6, 6.07) is 17.0. The Morgan fingerprint density at radius 3 is 2.59 bits per heavy atom. The normalized spacial score (nSPS) is 17.7. The molecule has 1 heterocycles. The first-order chi connectivity index (χ1) is 12.9. The first kappa shape index (κ1) is 19.5. The molecule has 7 heteroatoms. The van der Waals surface area contributed by atoms with Crippen molar-refractivity contribution >= 4 is 15.9 Å². The molecule has 6 nitrogen and oxygen atoms in total. The first-order valence-corrected chi connectivity index (χ1v) is 10.6. The third-order valence-corrected chi connectivity index (χ3v) is 5.92. The van der Waals surface area contributed by atoms with E-state index in [1.165, 1.54) is 0 Å². The van der Waals surface area contributed by atoms with Gasteiger partial charge < -0.3 is 9.64 Å². The molecule has 1 amide bonds. The largest absolute Gasteiger partial charge is 0.370 e. The highest BCUT2D eigenvalue weighted by Gasteiger charge is 2.26. The minimum absolute atomic E-state index is 0.136. The molecule has 0 saturated carbocycles. The molecule has 1 atom stereocenters. The van der Waals surface area contributed by atoms with E-state index in [4.69, 9.17) is 4.74 Å². The predicted octanol–water partition coefficient (Wildman–Crippen LogP) is 2.01. The van der Waals surface area contributed by atoms with E-state index < -0.39 is 10.0 Å². The number of amides is 1. The Balaban J connectivity index is 1.56. The van der Waals surface area contributed by atoms with Crippen LogP contribution in [0.5, 0.6) is 0 Å². The maximum atomic E-state index is 12.5. The number of benzene rings is 2. The van der Waals surface area contributed by atoms with Crippen molar-refractivity contribution in [1.82, 2.24) is 9.62 Å². The van der Waals surface area contributed by atoms with Gasteiger partial charge in [-0.25, -0.2) is 13.1 Å². The maximum Gasteiger partial charge on any atom is 0.237 e. The fourth-order valence-electron chi connectivity index (χ4n) is 3.06. The Kier molecular flexibility index (Phi) is 6.26. The van der Waals surface area contributed by atoms with E-state index in [1.807, 2.05) is 49.4 Å². The molecule has 0 radical (unpaired) electrons. The van der Waals surface area contributed by atoms with Crippen LogP contribution in [0, 0.1) is 6.92 Å². The lowest BCUT2D eigenvalue weighted by Gasteiger charge is -2.33. The lowest BCUT2D eigenvalue weighted by Crippen LogP contribution is -2.46. The summed E-state index contributed by atoms with van der Waals surface area (Å²) in [7, 11) is -3.59. The van der Waals surface area contributed by atoms with Gasteiger partial charge in [-0.05, 0) is 23.6 Å². The minimum atomic E-state index is -3.59. The SMILES string of the molecule is Cc1ccccc1CS(=O)(=O)NCC(=O)N1CCOC(c2ccccc2)C1. The van der Waals surface area contributed by atoms with Crippen LogP contribution in [-0.4, -0.2) is 45.5 Å². The molecule has 1 saturated heterocycles. The molecule has 1 aliphatic heterocycles. The summed E-state index contributed by atoms with van der Waals surface area (Å²) in [5.41, 5.74) is 2.65. The molecule has 1 N–H and O–H groups in total. The average Bonchev–Trinajstić information content (AvgIpc) is 2.69. The molecular weight excluding hydrogens is 364 g/mol. The smallest absolute Gasteiger partial charge is 0.237 e. The Hall–Kier alpha value is -2.22. The van der Waals surface area contributed by atoms with Crippen LogP contribution in [-0.2, 0) is 25.3 Å². The van der Waals surface area contributed by atoms with Crippen molar-refractivity contribution in [3.63, 3.8) is 0 Å². The topological polar surface area (TPSA) is 75.7 Å². The van der Waals surface area contributed by atoms with Crippen LogP contribution in [0.4, 0.5) is 0 Å². The lowest BCUT2D eigenvalue weighted by atomic mass is 10.1. The van der Waals surface area contributed by atoms with E-state index in [-0.39, 0.29) is 24.3 Å². The van der Waals surface area contributed by atoms with E-state index >= 15 is 0 Å². The van der Waals surface area contributed by atoms with Crippen molar-refractivity contribution in [1.29, 1.82) is 0 Å². The lowest BCUT2D eigenvalue weighted by molar-refractivity contribution is -0.137. The molecule has 1 fully saturated rings. The fourth-order valence-corrected chi connectivity index (χ4v) is 4.24. The van der Waals surface area contributed by atoms with E-state index in [2.05, 4.69) is 4.72 Å². The Bertz CT molecular complexity index is 884. The van der Waals surface area contributed by atoms with Crippen LogP contribution < -0.4 is 4.72 Å². The van der Waals surface area contributed by atoms with Gasteiger partial charge in [0.25, 0.3) is 0 Å². The zero-order chi connectivity index (χ0) is 19.3. The van der Waals surface area contributed by atoms with Gasteiger partial charge in [-0.15, -0.1) is 0 Å². The van der Waals surface area contributed by atoms with Crippen LogP contribution in [0.15, 0.2) is 54.6 Å². The molecule has 0 aromatic heterocycles. The van der Waals surface area contributed by atoms with E-state index in [1.54, 1.807) is 17.0 Å². The molecule has 144 valence electrons. The van der Waals surface area contributed by atoms with Crippen molar-refractivity contribution in [2.24, 2.45) is 0 Å². The van der Waals surface area contributed by atoms with Gasteiger partial charge in [-0.2, -0.15) is 0 Å². The van der Waals surface area contributed by atoms with Gasteiger partial charge in [0, 0.05) is 6.54 Å². The van der Waals surface area contributed by atoms with Crippen LogP contribution in [0.25, 0.3) is 0 Å². The Morgan fingerprint density at radius 1 is 1.15 bits per heavy atom. The number of nitrogens with one attached hydrogen (secondary N) is 1. The number of carbonyl (C=O) groups excluding carboxylic acids is 1. The van der Waals surface area contributed by atoms with Crippen molar-refractivity contribution in [3.05, 3.63) is 71.3 Å². The van der Waals surface area contributed by atoms with E-state index in [9.17, 15) is 13.2 Å². The third-order valence-electron chi connectivity index (χ3n) is 4.64. The predicted molar refractivity (Wildman–Crippen MR) is 104 cm³/mol. The van der Waals surface area contributed by atoms with Crippen molar-refractivity contribution in [2.45, 2.75) is 18.8 Å². The minimum Gasteiger partial charge on any atom is -0.370 e. The van der Waals surface area contributed by atoms with Gasteiger partial charge in [-0.3, -0.25) is 4.79 Å². The standard InChI is InChI=1S/C20H24N2O4S/c1-16-7-5-6-10-18(16)15-27(24,25)21-13-20(23)22-11-12-26-19(14-22)17-8-3-2-4-9-17/h2-10,19,21H,11-15H2,1H3. The fraction of sp³-hybridized carbons (Fsp3) is 0.350. The first-order valence-electron chi connectivity index (χ1n) is 8.91. The third kappa shape index (κ3) is 5.38. The molecule has 1 unspecified atom stereocenters. The molecule has 0 aliphatic carbocycles. The quantitative estimate of drug-likeness (QED) is 0.821. The highest BCUT2D eigenvalue weighted by Crippen LogP contribution is 2.21. The van der Waals surface area contributed by atoms with Crippen LogP contribution >= 0.6 is 0 Å². The van der Waals surface area contributed by atoms with Gasteiger partial charge in [0.1, 0.15) is 6.10 Å². The van der Waals surface area contributed by atoms with Crippen molar-refractivity contribution in [3.8, 4) is 0 Å². The van der Waals surface area contributed by atoms with Crippen molar-refractivity contribution < 1.29 is 17.9 Å². The van der Waals surface area contributed by atoms with Crippen LogP contribution in [0.2, 0.25) is 0 Å². The highest BCUT2D eigenvalue weighted by molar-refractivity contribution is 7.88. The zero-order valence-electron chi connectivity index (χ0n) is 15.3. The molecular formula is C20H24N2O4S. The summed E-state index contributed by atoms with van der Waals surface area (Å²) in [4.78, 5) is 14.1. The number of morpholine rings is 1. The number of nitrogens with zero attached hydrogens (tertiary/aromatic N) is 1. The number of carbonyl (C=O) groups is 1. The van der Waals surface area contributed by atoms with Crippen molar-refractivity contribution in [2.75, 3.05) is 26.2 Å². The van der Waals surface area contributed by atoms with E-state index in [0.717, 1.165) is 16.7 Å². The molecule has 2 aromatic rings. The summed E-state index contributed by atoms with van der Waals surface area (Å²) in [6.07, 6.45) is -0.188. The number of sulfonamides is 1. The number of rotatable bonds is 6. The van der Waals surface area contributed by atoms with Gasteiger partial charge >= 0.3 is 0 Å². The van der Waals surface area contributed by atoms with Crippen LogP contribution in [0.3, 0.4) is 0 Å². The number of aryl methyl sites for hydroxylation is 1. The summed E-state index contributed by atoms with van der Waals surface area (Å²) in [6.45, 7) is 2.94. The summed E-state index contributed by atoms with van der Waals surface area (Å²) in [5.74, 6) is -0.379. The average molecular weight is 388 g/mol. The van der Waals surface area contributed by atoms with Crippen LogP contribution in [0.1, 0.15) is 22.8 Å². The Morgan fingerprint density at radius 2 is 1.85 bits per heavy atom. The van der Waals surface area contributed by atoms with Gasteiger partial charge in [0.2, 0.25) is 15.9 Å². The number of ether oxygens (including phenoxy) is 1. The molecule has 0 spiro atoms. The van der Waals surface area contributed by atoms with Gasteiger partial charge in [0.05, 0.1) is 25.4 Å². The molecule has 0 bridgehead atoms. The van der Waals surface area contributed by atoms with Gasteiger partial charge in [-0.1, -0.05) is 54.6 Å². The number of hydrogen-bond donors (Lipinski definition) is 1. The highest BCUT2D eigenvalue weighted by atomic mass is 32.2. The van der Waals surface area contributed by atoms with Gasteiger partial charge in [0.15, 0.2) is 0 Å². The summed E-state index contributed by atoms with van der Waals surface area (Å²) in [5, 5.41) is 0.